The minimum absolute atomic E-state index is 0.0932. The Morgan fingerprint density at radius 2 is 2.16 bits per heavy atom. The summed E-state index contributed by atoms with van der Waals surface area (Å²) in [5.41, 5.74) is 2.94. The van der Waals surface area contributed by atoms with Crippen LogP contribution in [0.2, 0.25) is 0 Å². The van der Waals surface area contributed by atoms with Gasteiger partial charge in [0.05, 0.1) is 11.4 Å². The zero-order chi connectivity index (χ0) is 13.2. The lowest BCUT2D eigenvalue weighted by atomic mass is 10.1. The van der Waals surface area contributed by atoms with Crippen LogP contribution in [0.5, 0.6) is 0 Å². The Bertz CT molecular complexity index is 535. The number of fused-ring (bicyclic) bond motifs is 1. The van der Waals surface area contributed by atoms with E-state index in [0.717, 1.165) is 29.9 Å². The maximum absolute atomic E-state index is 12.2. The number of hydrogen-bond acceptors (Lipinski definition) is 5. The number of nitrogens with one attached hydrogen (secondary N) is 1. The van der Waals surface area contributed by atoms with Crippen molar-refractivity contribution in [3.8, 4) is 0 Å². The van der Waals surface area contributed by atoms with E-state index in [0.29, 0.717) is 25.3 Å². The van der Waals surface area contributed by atoms with Gasteiger partial charge in [0.1, 0.15) is 17.7 Å². The van der Waals surface area contributed by atoms with Crippen molar-refractivity contribution >= 4 is 17.3 Å². The normalized spacial score (nSPS) is 18.9. The molecule has 1 saturated heterocycles. The largest absolute Gasteiger partial charge is 0.381 e. The van der Waals surface area contributed by atoms with Gasteiger partial charge < -0.3 is 10.1 Å². The summed E-state index contributed by atoms with van der Waals surface area (Å²) in [4.78, 5) is 24.8. The van der Waals surface area contributed by atoms with Gasteiger partial charge in [-0.3, -0.25) is 4.79 Å². The van der Waals surface area contributed by atoms with Crippen molar-refractivity contribution in [1.29, 1.82) is 0 Å². The smallest absolute Gasteiger partial charge is 0.266 e. The predicted octanol–water partition coefficient (Wildman–Crippen LogP) is 0.709. The number of rotatable bonds is 2. The first kappa shape index (κ1) is 12.2. The highest BCUT2D eigenvalue weighted by Gasteiger charge is 2.25. The average molecular weight is 260 g/mol. The number of ether oxygens (including phenoxy) is 1. The van der Waals surface area contributed by atoms with Crippen molar-refractivity contribution in [1.82, 2.24) is 15.3 Å². The first-order chi connectivity index (χ1) is 9.24. The summed E-state index contributed by atoms with van der Waals surface area (Å²) in [7, 11) is 0. The van der Waals surface area contributed by atoms with Crippen LogP contribution in [0.3, 0.4) is 0 Å². The number of aromatic nitrogens is 2. The molecule has 2 aliphatic heterocycles. The molecule has 6 nitrogen and oxygen atoms in total. The third kappa shape index (κ3) is 2.49. The summed E-state index contributed by atoms with van der Waals surface area (Å²) in [6.45, 7) is 3.30. The second-order valence-electron chi connectivity index (χ2n) is 4.85. The fraction of sp³-hybridized carbons (Fsp3) is 0.538. The van der Waals surface area contributed by atoms with Gasteiger partial charge >= 0.3 is 0 Å². The fourth-order valence-corrected chi connectivity index (χ4v) is 2.37. The molecule has 100 valence electrons. The SMILES string of the molecule is Cc1ncnc2c1N=C(C(=O)NC1CCOCC1)C2. The van der Waals surface area contributed by atoms with E-state index in [4.69, 9.17) is 4.74 Å². The van der Waals surface area contributed by atoms with Crippen molar-refractivity contribution in [2.75, 3.05) is 13.2 Å². The third-order valence-electron chi connectivity index (χ3n) is 3.48. The molecule has 1 N–H and O–H groups in total. The van der Waals surface area contributed by atoms with Gasteiger partial charge in [0.2, 0.25) is 0 Å². The Balaban J connectivity index is 1.69. The molecule has 1 fully saturated rings. The summed E-state index contributed by atoms with van der Waals surface area (Å²) in [6, 6.07) is 0.194. The van der Waals surface area contributed by atoms with Crippen molar-refractivity contribution in [3.05, 3.63) is 17.7 Å². The summed E-state index contributed by atoms with van der Waals surface area (Å²) < 4.78 is 5.27. The van der Waals surface area contributed by atoms with Gasteiger partial charge in [0.15, 0.2) is 0 Å². The lowest BCUT2D eigenvalue weighted by molar-refractivity contribution is -0.116. The van der Waals surface area contributed by atoms with Gasteiger partial charge in [-0.15, -0.1) is 0 Å². The van der Waals surface area contributed by atoms with Crippen LogP contribution in [0, 0.1) is 6.92 Å². The van der Waals surface area contributed by atoms with Gasteiger partial charge in [0, 0.05) is 25.7 Å². The van der Waals surface area contributed by atoms with Crippen molar-refractivity contribution < 1.29 is 9.53 Å². The molecule has 3 rings (SSSR count). The number of carbonyl (C=O) groups is 1. The van der Waals surface area contributed by atoms with Crippen LogP contribution in [0.1, 0.15) is 24.2 Å². The van der Waals surface area contributed by atoms with Crippen LogP contribution in [-0.4, -0.2) is 40.8 Å². The van der Waals surface area contributed by atoms with Crippen molar-refractivity contribution in [2.45, 2.75) is 32.2 Å². The highest BCUT2D eigenvalue weighted by atomic mass is 16.5. The molecule has 1 aromatic heterocycles. The summed E-state index contributed by atoms with van der Waals surface area (Å²) >= 11 is 0. The molecular formula is C13H16N4O2. The van der Waals surface area contributed by atoms with E-state index in [1.807, 2.05) is 6.92 Å². The molecule has 0 bridgehead atoms. The highest BCUT2D eigenvalue weighted by Crippen LogP contribution is 2.26. The maximum Gasteiger partial charge on any atom is 0.266 e. The van der Waals surface area contributed by atoms with Crippen LogP contribution in [-0.2, 0) is 16.0 Å². The number of aliphatic imine (C=N–C) groups is 1. The van der Waals surface area contributed by atoms with Gasteiger partial charge in [-0.2, -0.15) is 0 Å². The summed E-state index contributed by atoms with van der Waals surface area (Å²) in [5, 5.41) is 3.02. The quantitative estimate of drug-likeness (QED) is 0.849. The standard InChI is InChI=1S/C13H16N4O2/c1-8-12-10(15-7-14-8)6-11(17-12)13(18)16-9-2-4-19-5-3-9/h7,9H,2-6H2,1H3,(H,16,18). The molecule has 1 aromatic rings. The van der Waals surface area contributed by atoms with Crippen molar-refractivity contribution in [3.63, 3.8) is 0 Å². The third-order valence-corrected chi connectivity index (χ3v) is 3.48. The predicted molar refractivity (Wildman–Crippen MR) is 69.6 cm³/mol. The number of aryl methyl sites for hydroxylation is 1. The molecule has 3 heterocycles. The molecule has 1 amide bonds. The van der Waals surface area contributed by atoms with Crippen LogP contribution >= 0.6 is 0 Å². The Hall–Kier alpha value is -1.82. The number of nitrogens with zero attached hydrogens (tertiary/aromatic N) is 3. The van der Waals surface area contributed by atoms with E-state index < -0.39 is 0 Å². The van der Waals surface area contributed by atoms with Gasteiger partial charge in [-0.05, 0) is 19.8 Å². The molecule has 0 spiro atoms. The minimum Gasteiger partial charge on any atom is -0.381 e. The number of amides is 1. The first-order valence-electron chi connectivity index (χ1n) is 6.50. The van der Waals surface area contributed by atoms with Crippen LogP contribution in [0.25, 0.3) is 0 Å². The molecule has 0 unspecified atom stereocenters. The monoisotopic (exact) mass is 260 g/mol. The van der Waals surface area contributed by atoms with E-state index in [1.54, 1.807) is 0 Å². The fourth-order valence-electron chi connectivity index (χ4n) is 2.37. The van der Waals surface area contributed by atoms with Crippen LogP contribution in [0.15, 0.2) is 11.3 Å². The minimum atomic E-state index is -0.0932. The van der Waals surface area contributed by atoms with Gasteiger partial charge in [-0.1, -0.05) is 0 Å². The molecule has 0 aromatic carbocycles. The van der Waals surface area contributed by atoms with E-state index in [1.165, 1.54) is 6.33 Å². The number of carbonyl (C=O) groups excluding carboxylic acids is 1. The molecule has 0 atom stereocenters. The maximum atomic E-state index is 12.2. The Morgan fingerprint density at radius 3 is 2.89 bits per heavy atom. The van der Waals surface area contributed by atoms with Gasteiger partial charge in [0.25, 0.3) is 5.91 Å². The van der Waals surface area contributed by atoms with Crippen molar-refractivity contribution in [2.24, 2.45) is 4.99 Å². The second-order valence-corrected chi connectivity index (χ2v) is 4.85. The van der Waals surface area contributed by atoms with E-state index in [9.17, 15) is 4.79 Å². The number of hydrogen-bond donors (Lipinski definition) is 1. The van der Waals surface area contributed by atoms with Gasteiger partial charge in [-0.25, -0.2) is 15.0 Å². The lowest BCUT2D eigenvalue weighted by Gasteiger charge is -2.22. The highest BCUT2D eigenvalue weighted by molar-refractivity contribution is 6.40. The molecule has 6 heteroatoms. The van der Waals surface area contributed by atoms with Crippen LogP contribution < -0.4 is 5.32 Å². The molecule has 0 radical (unpaired) electrons. The van der Waals surface area contributed by atoms with Crippen LogP contribution in [0.4, 0.5) is 5.69 Å². The molecule has 19 heavy (non-hydrogen) atoms. The van der Waals surface area contributed by atoms with E-state index in [-0.39, 0.29) is 11.9 Å². The van der Waals surface area contributed by atoms with E-state index in [2.05, 4.69) is 20.3 Å². The van der Waals surface area contributed by atoms with E-state index >= 15 is 0 Å². The summed E-state index contributed by atoms with van der Waals surface area (Å²) in [5.74, 6) is -0.0932. The molecular weight excluding hydrogens is 244 g/mol. The lowest BCUT2D eigenvalue weighted by Crippen LogP contribution is -2.42. The zero-order valence-corrected chi connectivity index (χ0v) is 10.8. The second kappa shape index (κ2) is 5.05. The molecule has 0 saturated carbocycles. The zero-order valence-electron chi connectivity index (χ0n) is 10.8. The molecule has 2 aliphatic rings. The topological polar surface area (TPSA) is 76.5 Å². The Morgan fingerprint density at radius 1 is 1.37 bits per heavy atom. The first-order valence-corrected chi connectivity index (χ1v) is 6.50. The Kier molecular flexibility index (Phi) is 3.25. The summed E-state index contributed by atoms with van der Waals surface area (Å²) in [6.07, 6.45) is 3.74. The molecule has 0 aliphatic carbocycles. The average Bonchev–Trinajstić information content (AvgIpc) is 2.85. The Labute approximate surface area is 111 Å².